The minimum absolute atomic E-state index is 0.0133. The van der Waals surface area contributed by atoms with Gasteiger partial charge in [-0.05, 0) is 51.6 Å². The van der Waals surface area contributed by atoms with Crippen LogP contribution in [0.5, 0.6) is 5.75 Å². The highest BCUT2D eigenvalue weighted by atomic mass is 16.6. The van der Waals surface area contributed by atoms with Gasteiger partial charge in [0.1, 0.15) is 5.75 Å². The van der Waals surface area contributed by atoms with Crippen molar-refractivity contribution in [3.05, 3.63) is 77.9 Å². The van der Waals surface area contributed by atoms with Gasteiger partial charge >= 0.3 is 7.32 Å². The van der Waals surface area contributed by atoms with Crippen molar-refractivity contribution in [1.29, 1.82) is 0 Å². The normalized spacial score (nSPS) is 13.9. The highest BCUT2D eigenvalue weighted by Crippen LogP contribution is 2.49. The van der Waals surface area contributed by atoms with Crippen molar-refractivity contribution in [2.45, 2.75) is 19.3 Å². The van der Waals surface area contributed by atoms with Crippen LogP contribution >= 0.6 is 0 Å². The first kappa shape index (κ1) is 15.9. The third kappa shape index (κ3) is 2.64. The van der Waals surface area contributed by atoms with E-state index in [4.69, 9.17) is 14.7 Å². The van der Waals surface area contributed by atoms with Gasteiger partial charge in [-0.15, -0.1) is 0 Å². The Morgan fingerprint density at radius 1 is 0.760 bits per heavy atom. The number of rotatable bonds is 3. The average molecular weight is 330 g/mol. The molecule has 0 aromatic heterocycles. The summed E-state index contributed by atoms with van der Waals surface area (Å²) in [5.74, 6) is 0.423. The fraction of sp³-hybridized carbons (Fsp3) is 0.143. The summed E-state index contributed by atoms with van der Waals surface area (Å²) in [6.07, 6.45) is 0. The Bertz CT molecular complexity index is 930. The Kier molecular flexibility index (Phi) is 3.67. The molecule has 0 unspecified atom stereocenters. The second kappa shape index (κ2) is 5.76. The van der Waals surface area contributed by atoms with Crippen molar-refractivity contribution in [1.82, 2.24) is 0 Å². The molecule has 0 radical (unpaired) electrons. The molecule has 3 nitrogen and oxygen atoms in total. The summed E-state index contributed by atoms with van der Waals surface area (Å²) in [5.41, 5.74) is 7.49. The summed E-state index contributed by atoms with van der Waals surface area (Å²) < 4.78 is 4.86. The maximum atomic E-state index is 8.87. The second-order valence-electron chi connectivity index (χ2n) is 6.90. The zero-order valence-electron chi connectivity index (χ0n) is 14.2. The maximum absolute atomic E-state index is 8.87. The summed E-state index contributed by atoms with van der Waals surface area (Å²) in [6.45, 7) is 4.54. The van der Waals surface area contributed by atoms with Crippen LogP contribution in [-0.2, 0) is 5.41 Å². The lowest BCUT2D eigenvalue weighted by molar-refractivity contribution is 0.288. The Labute approximate surface area is 147 Å². The topological polar surface area (TPSA) is 49.7 Å². The van der Waals surface area contributed by atoms with Crippen molar-refractivity contribution in [2.24, 2.45) is 0 Å². The van der Waals surface area contributed by atoms with Gasteiger partial charge in [0.05, 0.1) is 0 Å². The van der Waals surface area contributed by atoms with Crippen LogP contribution in [0.3, 0.4) is 0 Å². The van der Waals surface area contributed by atoms with Gasteiger partial charge in [0.25, 0.3) is 0 Å². The Morgan fingerprint density at radius 2 is 1.40 bits per heavy atom. The highest BCUT2D eigenvalue weighted by molar-refractivity contribution is 6.33. The number of fused-ring (bicyclic) bond motifs is 3. The van der Waals surface area contributed by atoms with Crippen LogP contribution in [0.2, 0.25) is 0 Å². The molecule has 0 spiro atoms. The molecule has 25 heavy (non-hydrogen) atoms. The number of hydrogen-bond donors (Lipinski definition) is 2. The molecule has 0 atom stereocenters. The van der Waals surface area contributed by atoms with E-state index in [1.165, 1.54) is 22.3 Å². The standard InChI is InChI=1S/C21H19BO3/c1-21(2)19-6-4-3-5-17(19)18-13-15(9-12-20(18)21)14-7-10-16(11-8-14)25-22(23)24/h3-13,23-24H,1-2H3. The zero-order chi connectivity index (χ0) is 17.6. The van der Waals surface area contributed by atoms with E-state index in [0.29, 0.717) is 5.75 Å². The molecular formula is C21H19BO3. The van der Waals surface area contributed by atoms with Crippen LogP contribution in [0, 0.1) is 0 Å². The molecule has 4 rings (SSSR count). The van der Waals surface area contributed by atoms with E-state index in [1.807, 2.05) is 12.1 Å². The summed E-state index contributed by atoms with van der Waals surface area (Å²) >= 11 is 0. The van der Waals surface area contributed by atoms with Crippen LogP contribution in [0.25, 0.3) is 22.3 Å². The Morgan fingerprint density at radius 3 is 2.12 bits per heavy atom. The molecule has 0 amide bonds. The van der Waals surface area contributed by atoms with E-state index >= 15 is 0 Å². The van der Waals surface area contributed by atoms with Crippen LogP contribution in [0.15, 0.2) is 66.7 Å². The van der Waals surface area contributed by atoms with Crippen molar-refractivity contribution in [3.8, 4) is 28.0 Å². The van der Waals surface area contributed by atoms with Crippen LogP contribution in [-0.4, -0.2) is 17.4 Å². The van der Waals surface area contributed by atoms with E-state index < -0.39 is 7.32 Å². The summed E-state index contributed by atoms with van der Waals surface area (Å²) in [6, 6.07) is 22.5. The lowest BCUT2D eigenvalue weighted by Gasteiger charge is -2.21. The van der Waals surface area contributed by atoms with Crippen LogP contribution < -0.4 is 4.65 Å². The van der Waals surface area contributed by atoms with Gasteiger partial charge in [-0.25, -0.2) is 0 Å². The molecule has 2 N–H and O–H groups in total. The van der Waals surface area contributed by atoms with Gasteiger partial charge in [0, 0.05) is 5.41 Å². The lowest BCUT2D eigenvalue weighted by Crippen LogP contribution is -2.20. The van der Waals surface area contributed by atoms with Gasteiger partial charge in [-0.2, -0.15) is 0 Å². The third-order valence-corrected chi connectivity index (χ3v) is 5.01. The Hall–Kier alpha value is -2.56. The predicted molar refractivity (Wildman–Crippen MR) is 100 cm³/mol. The quantitative estimate of drug-likeness (QED) is 0.714. The first-order chi connectivity index (χ1) is 12.0. The van der Waals surface area contributed by atoms with E-state index in [2.05, 4.69) is 56.3 Å². The van der Waals surface area contributed by atoms with Gasteiger partial charge in [-0.3, -0.25) is 0 Å². The molecule has 1 aliphatic carbocycles. The first-order valence-electron chi connectivity index (χ1n) is 8.34. The summed E-state index contributed by atoms with van der Waals surface area (Å²) in [5, 5.41) is 17.7. The lowest BCUT2D eigenvalue weighted by atomic mass is 9.82. The third-order valence-electron chi connectivity index (χ3n) is 5.01. The van der Waals surface area contributed by atoms with E-state index in [0.717, 1.165) is 11.1 Å². The molecule has 4 heteroatoms. The van der Waals surface area contributed by atoms with Crippen molar-refractivity contribution in [2.75, 3.05) is 0 Å². The first-order valence-corrected chi connectivity index (χ1v) is 8.34. The fourth-order valence-corrected chi connectivity index (χ4v) is 3.75. The van der Waals surface area contributed by atoms with E-state index in [-0.39, 0.29) is 5.41 Å². The number of benzene rings is 3. The molecule has 0 aliphatic heterocycles. The van der Waals surface area contributed by atoms with Crippen molar-refractivity contribution in [3.63, 3.8) is 0 Å². The maximum Gasteiger partial charge on any atom is 0.707 e. The highest BCUT2D eigenvalue weighted by Gasteiger charge is 2.34. The average Bonchev–Trinajstić information content (AvgIpc) is 2.83. The largest absolute Gasteiger partial charge is 0.707 e. The molecule has 0 saturated carbocycles. The van der Waals surface area contributed by atoms with Crippen LogP contribution in [0.4, 0.5) is 0 Å². The number of hydrogen-bond acceptors (Lipinski definition) is 3. The molecule has 0 fully saturated rings. The minimum atomic E-state index is -1.80. The van der Waals surface area contributed by atoms with Gasteiger partial charge in [-0.1, -0.05) is 62.4 Å². The molecule has 0 saturated heterocycles. The van der Waals surface area contributed by atoms with Crippen LogP contribution in [0.1, 0.15) is 25.0 Å². The molecular weight excluding hydrogens is 311 g/mol. The smallest absolute Gasteiger partial charge is 0.512 e. The minimum Gasteiger partial charge on any atom is -0.512 e. The summed E-state index contributed by atoms with van der Waals surface area (Å²) in [7, 11) is -1.80. The van der Waals surface area contributed by atoms with Gasteiger partial charge in [0.2, 0.25) is 0 Å². The molecule has 1 aliphatic rings. The molecule has 124 valence electrons. The SMILES string of the molecule is CC1(C)c2ccccc2-c2cc(-c3ccc(OB(O)O)cc3)ccc21. The fourth-order valence-electron chi connectivity index (χ4n) is 3.75. The summed E-state index contributed by atoms with van der Waals surface area (Å²) in [4.78, 5) is 0. The van der Waals surface area contributed by atoms with Crippen molar-refractivity contribution >= 4 is 7.32 Å². The molecule has 3 aromatic rings. The molecule has 0 bridgehead atoms. The molecule has 3 aromatic carbocycles. The van der Waals surface area contributed by atoms with Gasteiger partial charge in [0.15, 0.2) is 0 Å². The van der Waals surface area contributed by atoms with E-state index in [1.54, 1.807) is 12.1 Å². The van der Waals surface area contributed by atoms with Gasteiger partial charge < -0.3 is 14.7 Å². The second-order valence-corrected chi connectivity index (χ2v) is 6.90. The zero-order valence-corrected chi connectivity index (χ0v) is 14.2. The monoisotopic (exact) mass is 330 g/mol. The molecule has 0 heterocycles. The van der Waals surface area contributed by atoms with Crippen molar-refractivity contribution < 1.29 is 14.7 Å². The van der Waals surface area contributed by atoms with E-state index in [9.17, 15) is 0 Å². The Balaban J connectivity index is 1.76. The predicted octanol–water partition coefficient (Wildman–Crippen LogP) is 4.01.